The molecule has 0 spiro atoms. The number of hydrogen-bond donors (Lipinski definition) is 2. The molecule has 9 heteroatoms. The highest BCUT2D eigenvalue weighted by Crippen LogP contribution is 2.26. The predicted octanol–water partition coefficient (Wildman–Crippen LogP) is 2.62. The van der Waals surface area contributed by atoms with E-state index in [1.807, 2.05) is 12.1 Å². The monoisotopic (exact) mass is 424 g/mol. The van der Waals surface area contributed by atoms with E-state index in [9.17, 15) is 8.42 Å². The van der Waals surface area contributed by atoms with Crippen molar-refractivity contribution in [3.05, 3.63) is 72.1 Å². The van der Waals surface area contributed by atoms with Gasteiger partial charge in [-0.25, -0.2) is 23.5 Å². The summed E-state index contributed by atoms with van der Waals surface area (Å²) >= 11 is 0. The molecule has 0 aliphatic carbocycles. The van der Waals surface area contributed by atoms with E-state index in [2.05, 4.69) is 49.4 Å². The van der Waals surface area contributed by atoms with Crippen LogP contribution in [0.5, 0.6) is 0 Å². The smallest absolute Gasteiger partial charge is 0.231 e. The molecule has 0 unspecified atom stereocenters. The standard InChI is InChI=1S/C21H24N6O2S/c22-30(28,29)14-17-8-4-9-18(12-17)25-20-23-15-24-21(26-20)27-11-5-10-19(27)13-16-6-2-1-3-7-16/h1-4,6-9,12,15,19H,5,10-11,13-14H2,(H2,22,28,29)(H,23,24,25,26)/t19-/m1/s1. The van der Waals surface area contributed by atoms with Crippen LogP contribution >= 0.6 is 0 Å². The summed E-state index contributed by atoms with van der Waals surface area (Å²) in [5.74, 6) is 0.838. The van der Waals surface area contributed by atoms with Crippen molar-refractivity contribution in [3.63, 3.8) is 0 Å². The molecule has 0 amide bonds. The molecule has 4 rings (SSSR count). The summed E-state index contributed by atoms with van der Waals surface area (Å²) < 4.78 is 22.7. The maximum Gasteiger partial charge on any atom is 0.231 e. The Bertz CT molecular complexity index is 1110. The fourth-order valence-corrected chi connectivity index (χ4v) is 4.43. The average Bonchev–Trinajstić information content (AvgIpc) is 3.16. The van der Waals surface area contributed by atoms with Gasteiger partial charge >= 0.3 is 0 Å². The average molecular weight is 425 g/mol. The van der Waals surface area contributed by atoms with E-state index in [0.29, 0.717) is 29.2 Å². The maximum absolute atomic E-state index is 11.3. The fourth-order valence-electron chi connectivity index (χ4n) is 3.78. The van der Waals surface area contributed by atoms with Gasteiger partial charge in [0.2, 0.25) is 21.9 Å². The quantitative estimate of drug-likeness (QED) is 0.599. The van der Waals surface area contributed by atoms with Crippen LogP contribution in [0.4, 0.5) is 17.6 Å². The molecule has 1 aliphatic heterocycles. The number of primary sulfonamides is 1. The summed E-state index contributed by atoms with van der Waals surface area (Å²) in [5.41, 5.74) is 2.59. The Morgan fingerprint density at radius 3 is 2.67 bits per heavy atom. The van der Waals surface area contributed by atoms with Crippen LogP contribution < -0.4 is 15.4 Å². The molecule has 1 atom stereocenters. The number of nitrogens with one attached hydrogen (secondary N) is 1. The Morgan fingerprint density at radius 2 is 1.87 bits per heavy atom. The molecule has 156 valence electrons. The van der Waals surface area contributed by atoms with Gasteiger partial charge in [-0.15, -0.1) is 0 Å². The zero-order chi connectivity index (χ0) is 21.0. The number of aromatic nitrogens is 3. The van der Waals surface area contributed by atoms with E-state index in [1.54, 1.807) is 18.2 Å². The molecule has 3 N–H and O–H groups in total. The van der Waals surface area contributed by atoms with Gasteiger partial charge in [-0.05, 0) is 42.5 Å². The molecule has 1 saturated heterocycles. The van der Waals surface area contributed by atoms with Gasteiger partial charge in [0.15, 0.2) is 0 Å². The second-order valence-electron chi connectivity index (χ2n) is 7.42. The van der Waals surface area contributed by atoms with Crippen molar-refractivity contribution in [1.29, 1.82) is 0 Å². The molecule has 1 fully saturated rings. The van der Waals surface area contributed by atoms with Gasteiger partial charge in [0.05, 0.1) is 5.75 Å². The van der Waals surface area contributed by atoms with E-state index >= 15 is 0 Å². The van der Waals surface area contributed by atoms with Crippen LogP contribution in [-0.4, -0.2) is 36.0 Å². The number of anilines is 3. The highest BCUT2D eigenvalue weighted by molar-refractivity contribution is 7.88. The highest BCUT2D eigenvalue weighted by Gasteiger charge is 2.27. The van der Waals surface area contributed by atoms with Crippen molar-refractivity contribution in [2.75, 3.05) is 16.8 Å². The summed E-state index contributed by atoms with van der Waals surface area (Å²) in [7, 11) is -3.59. The molecular formula is C21H24N6O2S. The number of nitrogens with two attached hydrogens (primary N) is 1. The Balaban J connectivity index is 1.49. The molecule has 0 saturated carbocycles. The number of sulfonamides is 1. The largest absolute Gasteiger partial charge is 0.337 e. The molecular weight excluding hydrogens is 400 g/mol. The molecule has 3 aromatic rings. The topological polar surface area (TPSA) is 114 Å². The first-order valence-corrected chi connectivity index (χ1v) is 11.5. The van der Waals surface area contributed by atoms with Crippen LogP contribution in [0.2, 0.25) is 0 Å². The van der Waals surface area contributed by atoms with Crippen molar-refractivity contribution in [1.82, 2.24) is 15.0 Å². The van der Waals surface area contributed by atoms with Crippen molar-refractivity contribution in [2.24, 2.45) is 5.14 Å². The number of nitrogens with zero attached hydrogens (tertiary/aromatic N) is 4. The van der Waals surface area contributed by atoms with E-state index in [1.165, 1.54) is 11.9 Å². The zero-order valence-electron chi connectivity index (χ0n) is 16.5. The van der Waals surface area contributed by atoms with Crippen LogP contribution in [0.3, 0.4) is 0 Å². The van der Waals surface area contributed by atoms with Gasteiger partial charge in [-0.3, -0.25) is 0 Å². The maximum atomic E-state index is 11.3. The van der Waals surface area contributed by atoms with E-state index in [0.717, 1.165) is 25.8 Å². The summed E-state index contributed by atoms with van der Waals surface area (Å²) in [6, 6.07) is 17.8. The third-order valence-corrected chi connectivity index (χ3v) is 5.79. The minimum atomic E-state index is -3.59. The zero-order valence-corrected chi connectivity index (χ0v) is 17.3. The lowest BCUT2D eigenvalue weighted by atomic mass is 10.0. The number of rotatable bonds is 7. The molecule has 1 aliphatic rings. The van der Waals surface area contributed by atoms with Crippen LogP contribution in [-0.2, 0) is 22.2 Å². The lowest BCUT2D eigenvalue weighted by Gasteiger charge is -2.24. The second-order valence-corrected chi connectivity index (χ2v) is 9.04. The predicted molar refractivity (Wildman–Crippen MR) is 117 cm³/mol. The summed E-state index contributed by atoms with van der Waals surface area (Å²) in [6.07, 6.45) is 4.64. The minimum absolute atomic E-state index is 0.222. The van der Waals surface area contributed by atoms with Gasteiger partial charge in [0.1, 0.15) is 6.33 Å². The lowest BCUT2D eigenvalue weighted by Crippen LogP contribution is -2.32. The molecule has 0 radical (unpaired) electrons. The highest BCUT2D eigenvalue weighted by atomic mass is 32.2. The first kappa shape index (κ1) is 20.2. The second kappa shape index (κ2) is 8.76. The van der Waals surface area contributed by atoms with Gasteiger partial charge in [-0.2, -0.15) is 4.98 Å². The van der Waals surface area contributed by atoms with Crippen molar-refractivity contribution >= 4 is 27.6 Å². The van der Waals surface area contributed by atoms with Crippen molar-refractivity contribution in [3.8, 4) is 0 Å². The van der Waals surface area contributed by atoms with Crippen LogP contribution in [0.15, 0.2) is 60.9 Å². The summed E-state index contributed by atoms with van der Waals surface area (Å²) in [6.45, 7) is 0.908. The SMILES string of the molecule is NS(=O)(=O)Cc1cccc(Nc2ncnc(N3CCC[C@@H]3Cc3ccccc3)n2)c1. The van der Waals surface area contributed by atoms with Gasteiger partial charge in [-0.1, -0.05) is 42.5 Å². The fraction of sp³-hybridized carbons (Fsp3) is 0.286. The molecule has 1 aromatic heterocycles. The Hall–Kier alpha value is -3.04. The Morgan fingerprint density at radius 1 is 1.07 bits per heavy atom. The van der Waals surface area contributed by atoms with Gasteiger partial charge in [0.25, 0.3) is 0 Å². The molecule has 2 heterocycles. The molecule has 30 heavy (non-hydrogen) atoms. The third-order valence-electron chi connectivity index (χ3n) is 5.06. The normalized spacial score (nSPS) is 16.6. The third kappa shape index (κ3) is 5.31. The van der Waals surface area contributed by atoms with Crippen molar-refractivity contribution in [2.45, 2.75) is 31.1 Å². The van der Waals surface area contributed by atoms with Gasteiger partial charge < -0.3 is 10.2 Å². The Labute approximate surface area is 176 Å². The first-order chi connectivity index (χ1) is 14.5. The molecule has 8 nitrogen and oxygen atoms in total. The number of hydrogen-bond acceptors (Lipinski definition) is 7. The van der Waals surface area contributed by atoms with E-state index in [-0.39, 0.29) is 5.75 Å². The van der Waals surface area contributed by atoms with E-state index in [4.69, 9.17) is 5.14 Å². The summed E-state index contributed by atoms with van der Waals surface area (Å²) in [5, 5.41) is 8.28. The lowest BCUT2D eigenvalue weighted by molar-refractivity contribution is 0.597. The van der Waals surface area contributed by atoms with Crippen molar-refractivity contribution < 1.29 is 8.42 Å². The minimum Gasteiger partial charge on any atom is -0.337 e. The summed E-state index contributed by atoms with van der Waals surface area (Å²) in [4.78, 5) is 15.4. The van der Waals surface area contributed by atoms with E-state index < -0.39 is 10.0 Å². The molecule has 2 aromatic carbocycles. The molecule has 0 bridgehead atoms. The van der Waals surface area contributed by atoms with Gasteiger partial charge in [0, 0.05) is 18.3 Å². The van der Waals surface area contributed by atoms with Crippen LogP contribution in [0.25, 0.3) is 0 Å². The van der Waals surface area contributed by atoms with Crippen LogP contribution in [0, 0.1) is 0 Å². The Kier molecular flexibility index (Phi) is 5.91. The number of benzene rings is 2. The van der Waals surface area contributed by atoms with Crippen LogP contribution in [0.1, 0.15) is 24.0 Å². The first-order valence-electron chi connectivity index (χ1n) is 9.82.